The predicted octanol–water partition coefficient (Wildman–Crippen LogP) is 1.24. The Kier molecular flexibility index (Phi) is 4.58. The molecule has 0 saturated heterocycles. The Morgan fingerprint density at radius 1 is 1.32 bits per heavy atom. The van der Waals surface area contributed by atoms with Gasteiger partial charge in [-0.25, -0.2) is 4.98 Å². The lowest BCUT2D eigenvalue weighted by atomic mass is 9.87. The molecule has 0 radical (unpaired) electrons. The Bertz CT molecular complexity index is 641. The molecule has 0 saturated carbocycles. The molecule has 1 amide bonds. The summed E-state index contributed by atoms with van der Waals surface area (Å²) in [6.07, 6.45) is 0. The first-order valence-electron chi connectivity index (χ1n) is 7.09. The van der Waals surface area contributed by atoms with E-state index in [2.05, 4.69) is 20.5 Å². The number of anilines is 1. The van der Waals surface area contributed by atoms with Crippen LogP contribution in [0.25, 0.3) is 11.4 Å². The molecule has 7 nitrogen and oxygen atoms in total. The summed E-state index contributed by atoms with van der Waals surface area (Å²) in [4.78, 5) is 16.3. The minimum atomic E-state index is -0.577. The summed E-state index contributed by atoms with van der Waals surface area (Å²) in [7, 11) is 0. The van der Waals surface area contributed by atoms with Gasteiger partial charge in [-0.3, -0.25) is 9.89 Å². The van der Waals surface area contributed by atoms with Crippen molar-refractivity contribution in [1.29, 1.82) is 0 Å². The van der Waals surface area contributed by atoms with Crippen LogP contribution in [0.1, 0.15) is 26.6 Å². The lowest BCUT2D eigenvalue weighted by molar-refractivity contribution is -0.119. The molecular formula is C15H22N6O. The molecule has 7 heteroatoms. The van der Waals surface area contributed by atoms with Gasteiger partial charge < -0.3 is 16.8 Å². The number of H-pyrrole nitrogens is 1. The van der Waals surface area contributed by atoms with Gasteiger partial charge >= 0.3 is 0 Å². The summed E-state index contributed by atoms with van der Waals surface area (Å²) >= 11 is 0. The van der Waals surface area contributed by atoms with Crippen molar-refractivity contribution in [2.75, 3.05) is 5.32 Å². The average molecular weight is 302 g/mol. The molecule has 0 aliphatic rings. The summed E-state index contributed by atoms with van der Waals surface area (Å²) in [5.41, 5.74) is 12.7. The fourth-order valence-corrected chi connectivity index (χ4v) is 1.83. The van der Waals surface area contributed by atoms with Gasteiger partial charge in [-0.2, -0.15) is 5.10 Å². The first-order chi connectivity index (χ1) is 10.3. The minimum absolute atomic E-state index is 0.205. The van der Waals surface area contributed by atoms with Gasteiger partial charge in [-0.1, -0.05) is 20.8 Å². The van der Waals surface area contributed by atoms with Crippen LogP contribution in [0.3, 0.4) is 0 Å². The number of nitrogens with zero attached hydrogens (tertiary/aromatic N) is 2. The topological polar surface area (TPSA) is 123 Å². The van der Waals surface area contributed by atoms with Crippen molar-refractivity contribution in [3.8, 4) is 11.4 Å². The zero-order valence-electron chi connectivity index (χ0n) is 13.1. The molecule has 118 valence electrons. The van der Waals surface area contributed by atoms with Crippen LogP contribution in [-0.2, 0) is 11.3 Å². The molecule has 0 fully saturated rings. The van der Waals surface area contributed by atoms with E-state index in [4.69, 9.17) is 11.5 Å². The second-order valence-corrected chi connectivity index (χ2v) is 6.22. The van der Waals surface area contributed by atoms with E-state index in [0.29, 0.717) is 23.9 Å². The summed E-state index contributed by atoms with van der Waals surface area (Å²) in [6, 6.07) is 6.68. The third-order valence-corrected chi connectivity index (χ3v) is 3.35. The van der Waals surface area contributed by atoms with Crippen LogP contribution < -0.4 is 16.8 Å². The van der Waals surface area contributed by atoms with Crippen molar-refractivity contribution in [1.82, 2.24) is 15.2 Å². The normalized spacial score (nSPS) is 13.0. The monoisotopic (exact) mass is 302 g/mol. The number of amides is 1. The highest BCUT2D eigenvalue weighted by Crippen LogP contribution is 2.21. The lowest BCUT2D eigenvalue weighted by Crippen LogP contribution is -2.45. The standard InChI is InChI=1S/C15H22N6O/c1-15(2,3)12(17)14(22)18-10-6-4-9(5-7-10)13-19-11(8-16)20-21-13/h4-7,12H,8,16-17H2,1-3H3,(H,18,22)(H,19,20,21)/t12-/m1/s1. The van der Waals surface area contributed by atoms with Crippen molar-refractivity contribution < 1.29 is 4.79 Å². The van der Waals surface area contributed by atoms with E-state index in [1.165, 1.54) is 0 Å². The second kappa shape index (κ2) is 6.25. The van der Waals surface area contributed by atoms with Gasteiger partial charge in [0.25, 0.3) is 0 Å². The van der Waals surface area contributed by atoms with Crippen LogP contribution in [-0.4, -0.2) is 27.1 Å². The minimum Gasteiger partial charge on any atom is -0.325 e. The quantitative estimate of drug-likeness (QED) is 0.676. The SMILES string of the molecule is CC(C)(C)[C@H](N)C(=O)Nc1ccc(-c2n[nH]c(CN)n2)cc1. The zero-order chi connectivity index (χ0) is 16.3. The van der Waals surface area contributed by atoms with Gasteiger partial charge in [0.15, 0.2) is 5.82 Å². The van der Waals surface area contributed by atoms with Gasteiger partial charge in [-0.15, -0.1) is 0 Å². The summed E-state index contributed by atoms with van der Waals surface area (Å²) < 4.78 is 0. The van der Waals surface area contributed by atoms with E-state index >= 15 is 0 Å². The van der Waals surface area contributed by atoms with Crippen molar-refractivity contribution >= 4 is 11.6 Å². The highest BCUT2D eigenvalue weighted by atomic mass is 16.2. The first kappa shape index (κ1) is 16.1. The lowest BCUT2D eigenvalue weighted by Gasteiger charge is -2.25. The zero-order valence-corrected chi connectivity index (χ0v) is 13.1. The third-order valence-electron chi connectivity index (χ3n) is 3.35. The van der Waals surface area contributed by atoms with Gasteiger partial charge in [0.1, 0.15) is 5.82 Å². The number of nitrogens with two attached hydrogens (primary N) is 2. The smallest absolute Gasteiger partial charge is 0.241 e. The van der Waals surface area contributed by atoms with E-state index in [-0.39, 0.29) is 11.3 Å². The maximum Gasteiger partial charge on any atom is 0.241 e. The molecule has 1 aromatic carbocycles. The predicted molar refractivity (Wildman–Crippen MR) is 85.8 cm³/mol. The summed E-state index contributed by atoms with van der Waals surface area (Å²) in [5, 5.41) is 9.66. The fraction of sp³-hybridized carbons (Fsp3) is 0.400. The molecule has 1 atom stereocenters. The molecule has 6 N–H and O–H groups in total. The second-order valence-electron chi connectivity index (χ2n) is 6.22. The Labute approximate surface area is 129 Å². The van der Waals surface area contributed by atoms with Crippen molar-refractivity contribution in [2.24, 2.45) is 16.9 Å². The first-order valence-corrected chi connectivity index (χ1v) is 7.09. The molecule has 22 heavy (non-hydrogen) atoms. The number of rotatable bonds is 4. The highest BCUT2D eigenvalue weighted by molar-refractivity contribution is 5.95. The van der Waals surface area contributed by atoms with E-state index in [1.807, 2.05) is 32.9 Å². The number of benzene rings is 1. The maximum absolute atomic E-state index is 12.1. The van der Waals surface area contributed by atoms with Crippen LogP contribution in [0.5, 0.6) is 0 Å². The fourth-order valence-electron chi connectivity index (χ4n) is 1.83. The third kappa shape index (κ3) is 3.69. The number of carbonyl (C=O) groups excluding carboxylic acids is 1. The van der Waals surface area contributed by atoms with Crippen LogP contribution in [0.4, 0.5) is 5.69 Å². The molecule has 1 aromatic heterocycles. The Hall–Kier alpha value is -2.25. The molecule has 0 bridgehead atoms. The van der Waals surface area contributed by atoms with E-state index in [0.717, 1.165) is 5.56 Å². The number of hydrogen-bond acceptors (Lipinski definition) is 5. The summed E-state index contributed by atoms with van der Waals surface area (Å²) in [5.74, 6) is 0.997. The van der Waals surface area contributed by atoms with Crippen molar-refractivity contribution in [3.63, 3.8) is 0 Å². The number of aromatic amines is 1. The molecule has 1 heterocycles. The molecule has 0 aliphatic carbocycles. The van der Waals surface area contributed by atoms with Gasteiger partial charge in [0, 0.05) is 11.3 Å². The largest absolute Gasteiger partial charge is 0.325 e. The highest BCUT2D eigenvalue weighted by Gasteiger charge is 2.27. The number of carbonyl (C=O) groups is 1. The molecule has 2 rings (SSSR count). The van der Waals surface area contributed by atoms with Crippen molar-refractivity contribution in [3.05, 3.63) is 30.1 Å². The maximum atomic E-state index is 12.1. The Balaban J connectivity index is 2.07. The van der Waals surface area contributed by atoms with Crippen molar-refractivity contribution in [2.45, 2.75) is 33.4 Å². The van der Waals surface area contributed by atoms with E-state index in [1.54, 1.807) is 12.1 Å². The van der Waals surface area contributed by atoms with E-state index < -0.39 is 6.04 Å². The van der Waals surface area contributed by atoms with Crippen LogP contribution in [0.15, 0.2) is 24.3 Å². The molecule has 0 unspecified atom stereocenters. The van der Waals surface area contributed by atoms with Gasteiger partial charge in [0.05, 0.1) is 12.6 Å². The number of nitrogens with one attached hydrogen (secondary N) is 2. The molecule has 2 aromatic rings. The molecule has 0 spiro atoms. The van der Waals surface area contributed by atoms with Crippen LogP contribution in [0.2, 0.25) is 0 Å². The molecular weight excluding hydrogens is 280 g/mol. The Morgan fingerprint density at radius 3 is 2.45 bits per heavy atom. The van der Waals surface area contributed by atoms with Crippen LogP contribution in [0, 0.1) is 5.41 Å². The van der Waals surface area contributed by atoms with Gasteiger partial charge in [-0.05, 0) is 29.7 Å². The molecule has 0 aliphatic heterocycles. The number of hydrogen-bond donors (Lipinski definition) is 4. The summed E-state index contributed by atoms with van der Waals surface area (Å²) in [6.45, 7) is 6.10. The number of aromatic nitrogens is 3. The Morgan fingerprint density at radius 2 is 1.95 bits per heavy atom. The average Bonchev–Trinajstić information content (AvgIpc) is 2.95. The van der Waals surface area contributed by atoms with Crippen LogP contribution >= 0.6 is 0 Å². The van der Waals surface area contributed by atoms with E-state index in [9.17, 15) is 4.79 Å². The van der Waals surface area contributed by atoms with Gasteiger partial charge in [0.2, 0.25) is 5.91 Å².